The third kappa shape index (κ3) is 3.11. The van der Waals surface area contributed by atoms with Crippen LogP contribution in [0, 0.1) is 6.92 Å². The Morgan fingerprint density at radius 3 is 2.67 bits per heavy atom. The van der Waals surface area contributed by atoms with Crippen LogP contribution in [0.25, 0.3) is 0 Å². The maximum Gasteiger partial charge on any atom is 0.240 e. The van der Waals surface area contributed by atoms with Crippen LogP contribution in [-0.4, -0.2) is 27.4 Å². The largest absolute Gasteiger partial charge is 0.312 e. The highest BCUT2D eigenvalue weighted by Gasteiger charge is 2.27. The molecular formula is C15H22N2O3S. The lowest BCUT2D eigenvalue weighted by Gasteiger charge is -2.18. The summed E-state index contributed by atoms with van der Waals surface area (Å²) >= 11 is 0. The van der Waals surface area contributed by atoms with E-state index >= 15 is 0 Å². The molecule has 21 heavy (non-hydrogen) atoms. The lowest BCUT2D eigenvalue weighted by Crippen LogP contribution is -2.29. The molecule has 0 aliphatic carbocycles. The topological polar surface area (TPSA) is 66.5 Å². The van der Waals surface area contributed by atoms with Crippen LogP contribution in [0.5, 0.6) is 0 Å². The molecule has 0 unspecified atom stereocenters. The van der Waals surface area contributed by atoms with Gasteiger partial charge in [0.25, 0.3) is 0 Å². The molecule has 1 aromatic rings. The molecule has 1 aliphatic rings. The summed E-state index contributed by atoms with van der Waals surface area (Å²) in [7, 11) is -3.52. The van der Waals surface area contributed by atoms with Crippen molar-refractivity contribution in [2.75, 3.05) is 18.0 Å². The van der Waals surface area contributed by atoms with Crippen molar-refractivity contribution < 1.29 is 13.2 Å². The smallest absolute Gasteiger partial charge is 0.240 e. The minimum Gasteiger partial charge on any atom is -0.312 e. The average molecular weight is 310 g/mol. The predicted molar refractivity (Wildman–Crippen MR) is 83.0 cm³/mol. The third-order valence-electron chi connectivity index (χ3n) is 3.71. The quantitative estimate of drug-likeness (QED) is 0.904. The average Bonchev–Trinajstić information content (AvgIpc) is 2.86. The Labute approximate surface area is 126 Å². The Kier molecular flexibility index (Phi) is 4.68. The van der Waals surface area contributed by atoms with Gasteiger partial charge in [-0.3, -0.25) is 4.79 Å². The number of nitrogens with zero attached hydrogens (tertiary/aromatic N) is 1. The number of carbonyl (C=O) groups is 1. The zero-order chi connectivity index (χ0) is 15.6. The fourth-order valence-electron chi connectivity index (χ4n) is 2.59. The van der Waals surface area contributed by atoms with Crippen LogP contribution in [0.15, 0.2) is 17.0 Å². The number of anilines is 1. The SMILES string of the molecule is CCCNS(=O)(=O)c1cc2c(cc1C)CCN2C(=O)CC. The summed E-state index contributed by atoms with van der Waals surface area (Å²) in [6.45, 7) is 6.57. The summed E-state index contributed by atoms with van der Waals surface area (Å²) in [5, 5.41) is 0. The molecule has 1 amide bonds. The minimum atomic E-state index is -3.52. The van der Waals surface area contributed by atoms with E-state index in [0.29, 0.717) is 19.5 Å². The van der Waals surface area contributed by atoms with Crippen LogP contribution in [0.1, 0.15) is 37.8 Å². The molecule has 1 aromatic carbocycles. The number of nitrogens with one attached hydrogen (secondary N) is 1. The number of benzene rings is 1. The molecule has 0 saturated carbocycles. The van der Waals surface area contributed by atoms with Gasteiger partial charge >= 0.3 is 0 Å². The molecule has 1 heterocycles. The molecule has 2 rings (SSSR count). The van der Waals surface area contributed by atoms with Crippen molar-refractivity contribution in [2.45, 2.75) is 44.9 Å². The van der Waals surface area contributed by atoms with Gasteiger partial charge in [-0.2, -0.15) is 0 Å². The second-order valence-electron chi connectivity index (χ2n) is 5.29. The summed E-state index contributed by atoms with van der Waals surface area (Å²) in [5.41, 5.74) is 2.51. The molecule has 0 fully saturated rings. The van der Waals surface area contributed by atoms with Gasteiger partial charge < -0.3 is 4.90 Å². The van der Waals surface area contributed by atoms with Crippen LogP contribution in [-0.2, 0) is 21.2 Å². The fourth-order valence-corrected chi connectivity index (χ4v) is 3.97. The zero-order valence-corrected chi connectivity index (χ0v) is 13.6. The number of hydrogen-bond donors (Lipinski definition) is 1. The standard InChI is InChI=1S/C15H22N2O3S/c1-4-7-16-21(19,20)14-10-13-12(9-11(14)3)6-8-17(13)15(18)5-2/h9-10,16H,4-8H2,1-3H3. The molecular weight excluding hydrogens is 288 g/mol. The van der Waals surface area contributed by atoms with Gasteiger partial charge in [-0.1, -0.05) is 19.9 Å². The van der Waals surface area contributed by atoms with E-state index in [4.69, 9.17) is 0 Å². The Morgan fingerprint density at radius 1 is 1.33 bits per heavy atom. The third-order valence-corrected chi connectivity index (χ3v) is 5.31. The summed E-state index contributed by atoms with van der Waals surface area (Å²) in [5.74, 6) is 0.0301. The van der Waals surface area contributed by atoms with Crippen molar-refractivity contribution in [3.05, 3.63) is 23.3 Å². The van der Waals surface area contributed by atoms with Crippen molar-refractivity contribution in [2.24, 2.45) is 0 Å². The van der Waals surface area contributed by atoms with Crippen molar-refractivity contribution >= 4 is 21.6 Å². The highest BCUT2D eigenvalue weighted by molar-refractivity contribution is 7.89. The number of carbonyl (C=O) groups excluding carboxylic acids is 1. The zero-order valence-electron chi connectivity index (χ0n) is 12.8. The van der Waals surface area contributed by atoms with E-state index in [2.05, 4.69) is 4.72 Å². The number of hydrogen-bond acceptors (Lipinski definition) is 3. The van der Waals surface area contributed by atoms with Gasteiger partial charge in [0.2, 0.25) is 15.9 Å². The van der Waals surface area contributed by atoms with Crippen LogP contribution in [0.4, 0.5) is 5.69 Å². The minimum absolute atomic E-state index is 0.0301. The predicted octanol–water partition coefficient (Wildman–Crippen LogP) is 1.98. The maximum absolute atomic E-state index is 12.3. The van der Waals surface area contributed by atoms with Crippen LogP contribution < -0.4 is 9.62 Å². The first kappa shape index (κ1) is 16.0. The lowest BCUT2D eigenvalue weighted by atomic mass is 10.1. The number of fused-ring (bicyclic) bond motifs is 1. The normalized spacial score (nSPS) is 14.3. The number of rotatable bonds is 5. The van der Waals surface area contributed by atoms with Crippen LogP contribution >= 0.6 is 0 Å². The Hall–Kier alpha value is -1.40. The molecule has 1 aliphatic heterocycles. The van der Waals surface area contributed by atoms with Gasteiger partial charge in [0.15, 0.2) is 0 Å². The molecule has 6 heteroatoms. The highest BCUT2D eigenvalue weighted by Crippen LogP contribution is 2.33. The van der Waals surface area contributed by atoms with Gasteiger partial charge in [-0.15, -0.1) is 0 Å². The molecule has 0 saturated heterocycles. The fraction of sp³-hybridized carbons (Fsp3) is 0.533. The summed E-state index contributed by atoms with van der Waals surface area (Å²) in [6, 6.07) is 3.53. The van der Waals surface area contributed by atoms with Gasteiger partial charge in [0.05, 0.1) is 4.90 Å². The van der Waals surface area contributed by atoms with Gasteiger partial charge in [0.1, 0.15) is 0 Å². The van der Waals surface area contributed by atoms with Crippen LogP contribution in [0.3, 0.4) is 0 Å². The van der Waals surface area contributed by atoms with Crippen molar-refractivity contribution in [1.82, 2.24) is 4.72 Å². The summed E-state index contributed by atoms with van der Waals surface area (Å²) in [4.78, 5) is 13.9. The first-order valence-corrected chi connectivity index (χ1v) is 8.82. The Balaban J connectivity index is 2.44. The molecule has 5 nitrogen and oxygen atoms in total. The molecule has 0 aromatic heterocycles. The molecule has 0 spiro atoms. The lowest BCUT2D eigenvalue weighted by molar-refractivity contribution is -0.118. The summed E-state index contributed by atoms with van der Waals surface area (Å²) < 4.78 is 27.3. The van der Waals surface area contributed by atoms with E-state index < -0.39 is 10.0 Å². The van der Waals surface area contributed by atoms with E-state index in [1.165, 1.54) is 0 Å². The summed E-state index contributed by atoms with van der Waals surface area (Å²) in [6.07, 6.45) is 1.94. The molecule has 0 bridgehead atoms. The Morgan fingerprint density at radius 2 is 2.05 bits per heavy atom. The second kappa shape index (κ2) is 6.15. The van der Waals surface area contributed by atoms with E-state index in [1.807, 2.05) is 19.9 Å². The monoisotopic (exact) mass is 310 g/mol. The number of amides is 1. The number of aryl methyl sites for hydroxylation is 1. The highest BCUT2D eigenvalue weighted by atomic mass is 32.2. The number of sulfonamides is 1. The Bertz CT molecular complexity index is 653. The second-order valence-corrected chi connectivity index (χ2v) is 7.03. The van der Waals surface area contributed by atoms with Crippen LogP contribution in [0.2, 0.25) is 0 Å². The van der Waals surface area contributed by atoms with Crippen molar-refractivity contribution in [3.63, 3.8) is 0 Å². The first-order chi connectivity index (χ1) is 9.90. The van der Waals surface area contributed by atoms with Gasteiger partial charge in [-0.25, -0.2) is 13.1 Å². The van der Waals surface area contributed by atoms with Crippen molar-refractivity contribution in [1.29, 1.82) is 0 Å². The van der Waals surface area contributed by atoms with Crippen molar-refractivity contribution in [3.8, 4) is 0 Å². The molecule has 0 radical (unpaired) electrons. The molecule has 1 N–H and O–H groups in total. The van der Waals surface area contributed by atoms with E-state index in [-0.39, 0.29) is 10.8 Å². The van der Waals surface area contributed by atoms with E-state index in [1.54, 1.807) is 17.9 Å². The van der Waals surface area contributed by atoms with E-state index in [0.717, 1.165) is 29.7 Å². The molecule has 0 atom stereocenters. The van der Waals surface area contributed by atoms with Gasteiger partial charge in [0, 0.05) is 25.2 Å². The maximum atomic E-state index is 12.3. The van der Waals surface area contributed by atoms with E-state index in [9.17, 15) is 13.2 Å². The van der Waals surface area contributed by atoms with Gasteiger partial charge in [-0.05, 0) is 37.0 Å². The first-order valence-electron chi connectivity index (χ1n) is 7.34. The molecule has 116 valence electrons.